The fourth-order valence-electron chi connectivity index (χ4n) is 2.66. The number of carbonyl (C=O) groups excluding carboxylic acids is 1. The van der Waals surface area contributed by atoms with Crippen molar-refractivity contribution in [2.75, 3.05) is 4.90 Å². The van der Waals surface area contributed by atoms with Crippen LogP contribution in [-0.4, -0.2) is 6.09 Å². The molecule has 3 nitrogen and oxygen atoms in total. The third kappa shape index (κ3) is 5.84. The predicted octanol–water partition coefficient (Wildman–Crippen LogP) is 6.81. The van der Waals surface area contributed by atoms with Crippen LogP contribution in [0.25, 0.3) is 0 Å². The molecule has 0 saturated heterocycles. The number of carbonyl (C=O) groups is 1. The molecule has 3 aromatic carbocycles. The van der Waals surface area contributed by atoms with E-state index < -0.39 is 17.8 Å². The summed E-state index contributed by atoms with van der Waals surface area (Å²) in [5.74, 6) is 0. The van der Waals surface area contributed by atoms with Crippen LogP contribution in [0.2, 0.25) is 0 Å². The van der Waals surface area contributed by atoms with E-state index in [1.165, 1.54) is 17.0 Å². The highest BCUT2D eigenvalue weighted by Crippen LogP contribution is 2.29. The summed E-state index contributed by atoms with van der Waals surface area (Å²) in [4.78, 5) is 14.1. The number of hydrogen-bond acceptors (Lipinski definition) is 2. The van der Waals surface area contributed by atoms with Gasteiger partial charge >= 0.3 is 12.3 Å². The van der Waals surface area contributed by atoms with Gasteiger partial charge in [-0.2, -0.15) is 13.2 Å². The van der Waals surface area contributed by atoms with Gasteiger partial charge in [0.15, 0.2) is 0 Å². The molecule has 0 aliphatic heterocycles. The molecule has 0 aliphatic carbocycles. The molecule has 1 amide bonds. The molecule has 0 radical (unpaired) electrons. The Kier molecular flexibility index (Phi) is 6.59. The average Bonchev–Trinajstić information content (AvgIpc) is 2.71. The zero-order valence-corrected chi connectivity index (χ0v) is 16.8. The second-order valence-corrected chi connectivity index (χ2v) is 7.21. The predicted molar refractivity (Wildman–Crippen MR) is 108 cm³/mol. The summed E-state index contributed by atoms with van der Waals surface area (Å²) < 4.78 is 44.6. The maximum absolute atomic E-state index is 12.8. The summed E-state index contributed by atoms with van der Waals surface area (Å²) in [5, 5.41) is 0. The fraction of sp³-hybridized carbons (Fsp3) is 0.136. The zero-order chi connectivity index (χ0) is 20.9. The van der Waals surface area contributed by atoms with Gasteiger partial charge in [0.2, 0.25) is 0 Å². The van der Waals surface area contributed by atoms with Gasteiger partial charge < -0.3 is 4.74 Å². The maximum Gasteiger partial charge on any atom is 0.416 e. The Morgan fingerprint density at radius 3 is 2.07 bits per heavy atom. The summed E-state index contributed by atoms with van der Waals surface area (Å²) in [6.07, 6.45) is -4.99. The lowest BCUT2D eigenvalue weighted by atomic mass is 10.1. The van der Waals surface area contributed by atoms with Crippen molar-refractivity contribution in [2.24, 2.45) is 0 Å². The van der Waals surface area contributed by atoms with Crippen molar-refractivity contribution in [1.82, 2.24) is 0 Å². The van der Waals surface area contributed by atoms with Crippen molar-refractivity contribution in [3.05, 3.63) is 100 Å². The van der Waals surface area contributed by atoms with Crippen LogP contribution in [0.5, 0.6) is 0 Å². The maximum atomic E-state index is 12.8. The highest BCUT2D eigenvalue weighted by molar-refractivity contribution is 9.10. The molecule has 0 bridgehead atoms. The molecule has 0 aromatic heterocycles. The van der Waals surface area contributed by atoms with Gasteiger partial charge in [0.05, 0.1) is 12.1 Å². The number of benzene rings is 3. The van der Waals surface area contributed by atoms with Crippen molar-refractivity contribution in [1.29, 1.82) is 0 Å². The number of anilines is 1. The van der Waals surface area contributed by atoms with E-state index in [2.05, 4.69) is 15.9 Å². The van der Waals surface area contributed by atoms with Gasteiger partial charge in [0.25, 0.3) is 0 Å². The first-order valence-corrected chi connectivity index (χ1v) is 9.52. The normalized spacial score (nSPS) is 11.2. The largest absolute Gasteiger partial charge is 0.444 e. The Morgan fingerprint density at radius 2 is 1.48 bits per heavy atom. The van der Waals surface area contributed by atoms with E-state index in [-0.39, 0.29) is 13.2 Å². The SMILES string of the molecule is O=C(OCc1ccccc1)N(Cc1ccc(C(F)(F)F)cc1)c1ccc(Br)cc1. The molecule has 0 unspecified atom stereocenters. The molecule has 0 N–H and O–H groups in total. The topological polar surface area (TPSA) is 29.5 Å². The molecule has 7 heteroatoms. The van der Waals surface area contributed by atoms with Crippen LogP contribution >= 0.6 is 15.9 Å². The lowest BCUT2D eigenvalue weighted by molar-refractivity contribution is -0.137. The van der Waals surface area contributed by atoms with Crippen molar-refractivity contribution >= 4 is 27.7 Å². The van der Waals surface area contributed by atoms with Gasteiger partial charge in [0.1, 0.15) is 6.61 Å². The van der Waals surface area contributed by atoms with Crippen molar-refractivity contribution in [2.45, 2.75) is 19.3 Å². The summed E-state index contributed by atoms with van der Waals surface area (Å²) in [6.45, 7) is 0.174. The first kappa shape index (κ1) is 20.9. The molecule has 3 rings (SSSR count). The Bertz CT molecular complexity index is 943. The van der Waals surface area contributed by atoms with Gasteiger partial charge in [0, 0.05) is 10.2 Å². The van der Waals surface area contributed by atoms with Crippen molar-refractivity contribution in [3.63, 3.8) is 0 Å². The molecule has 0 heterocycles. The number of hydrogen-bond donors (Lipinski definition) is 0. The van der Waals surface area contributed by atoms with Crippen LogP contribution in [0.4, 0.5) is 23.7 Å². The molecular weight excluding hydrogens is 447 g/mol. The van der Waals surface area contributed by atoms with Gasteiger partial charge in [-0.1, -0.05) is 58.4 Å². The number of nitrogens with zero attached hydrogens (tertiary/aromatic N) is 1. The van der Waals surface area contributed by atoms with Crippen LogP contribution in [0.15, 0.2) is 83.3 Å². The fourth-order valence-corrected chi connectivity index (χ4v) is 2.93. The lowest BCUT2D eigenvalue weighted by Gasteiger charge is -2.23. The third-order valence-electron chi connectivity index (χ3n) is 4.19. The van der Waals surface area contributed by atoms with Gasteiger partial charge in [-0.15, -0.1) is 0 Å². The van der Waals surface area contributed by atoms with E-state index >= 15 is 0 Å². The highest BCUT2D eigenvalue weighted by atomic mass is 79.9. The summed E-state index contributed by atoms with van der Waals surface area (Å²) in [5.41, 5.74) is 1.23. The van der Waals surface area contributed by atoms with Gasteiger partial charge in [-0.25, -0.2) is 4.79 Å². The Labute approximate surface area is 174 Å². The van der Waals surface area contributed by atoms with E-state index in [1.807, 2.05) is 30.3 Å². The second-order valence-electron chi connectivity index (χ2n) is 6.30. The van der Waals surface area contributed by atoms with Crippen LogP contribution in [-0.2, 0) is 24.1 Å². The molecule has 0 saturated carbocycles. The van der Waals surface area contributed by atoms with Crippen LogP contribution in [0.1, 0.15) is 16.7 Å². The first-order valence-electron chi connectivity index (χ1n) is 8.73. The number of alkyl halides is 3. The van der Waals surface area contributed by atoms with E-state index in [1.54, 1.807) is 24.3 Å². The highest BCUT2D eigenvalue weighted by Gasteiger charge is 2.30. The lowest BCUT2D eigenvalue weighted by Crippen LogP contribution is -2.31. The molecule has 3 aromatic rings. The molecule has 29 heavy (non-hydrogen) atoms. The van der Waals surface area contributed by atoms with E-state index in [0.717, 1.165) is 22.2 Å². The third-order valence-corrected chi connectivity index (χ3v) is 4.71. The van der Waals surface area contributed by atoms with E-state index in [4.69, 9.17) is 4.74 Å². The zero-order valence-electron chi connectivity index (χ0n) is 15.2. The quantitative estimate of drug-likeness (QED) is 0.415. The van der Waals surface area contributed by atoms with Crippen molar-refractivity contribution < 1.29 is 22.7 Å². The van der Waals surface area contributed by atoms with Crippen LogP contribution in [0, 0.1) is 0 Å². The molecule has 0 aliphatic rings. The Balaban J connectivity index is 1.79. The average molecular weight is 464 g/mol. The summed E-state index contributed by atoms with van der Waals surface area (Å²) in [6, 6.07) is 21.0. The minimum atomic E-state index is -4.40. The minimum Gasteiger partial charge on any atom is -0.444 e. The number of halogens is 4. The molecule has 150 valence electrons. The molecule has 0 atom stereocenters. The number of rotatable bonds is 5. The van der Waals surface area contributed by atoms with Crippen LogP contribution in [0.3, 0.4) is 0 Å². The Morgan fingerprint density at radius 1 is 0.862 bits per heavy atom. The summed E-state index contributed by atoms with van der Waals surface area (Å²) >= 11 is 3.35. The monoisotopic (exact) mass is 463 g/mol. The smallest absolute Gasteiger partial charge is 0.416 e. The number of amides is 1. The Hall–Kier alpha value is -2.80. The van der Waals surface area contributed by atoms with E-state index in [9.17, 15) is 18.0 Å². The molecule has 0 spiro atoms. The first-order chi connectivity index (χ1) is 13.8. The standard InChI is InChI=1S/C22H17BrF3NO2/c23-19-10-12-20(13-11-19)27(21(28)29-15-17-4-2-1-3-5-17)14-16-6-8-18(9-7-16)22(24,25)26/h1-13H,14-15H2. The molecular formula is C22H17BrF3NO2. The van der Waals surface area contributed by atoms with Crippen molar-refractivity contribution in [3.8, 4) is 0 Å². The van der Waals surface area contributed by atoms with Crippen LogP contribution < -0.4 is 4.90 Å². The summed E-state index contributed by atoms with van der Waals surface area (Å²) in [7, 11) is 0. The molecule has 0 fully saturated rings. The number of ether oxygens (including phenoxy) is 1. The second kappa shape index (κ2) is 9.13. The van der Waals surface area contributed by atoms with Gasteiger partial charge in [-0.3, -0.25) is 4.90 Å². The van der Waals surface area contributed by atoms with Gasteiger partial charge in [-0.05, 0) is 47.5 Å². The minimum absolute atomic E-state index is 0.0768. The van der Waals surface area contributed by atoms with E-state index in [0.29, 0.717) is 11.3 Å².